The second kappa shape index (κ2) is 4.77. The summed E-state index contributed by atoms with van der Waals surface area (Å²) in [6, 6.07) is 1.89. The van der Waals surface area contributed by atoms with Crippen LogP contribution in [0.3, 0.4) is 0 Å². The molecule has 1 aliphatic rings. The van der Waals surface area contributed by atoms with Crippen molar-refractivity contribution < 1.29 is 4.52 Å². The predicted octanol–water partition coefficient (Wildman–Crippen LogP) is 1.85. The molecule has 0 spiro atoms. The maximum Gasteiger partial charge on any atom is 0.247 e. The summed E-state index contributed by atoms with van der Waals surface area (Å²) in [6.07, 6.45) is 6.21. The lowest BCUT2D eigenvalue weighted by atomic mass is 9.92. The molecular formula is C13H19N5O. The Morgan fingerprint density at radius 1 is 1.53 bits per heavy atom. The van der Waals surface area contributed by atoms with Gasteiger partial charge in [-0.3, -0.25) is 4.68 Å². The number of nitrogens with zero attached hydrogens (tertiary/aromatic N) is 4. The highest BCUT2D eigenvalue weighted by atomic mass is 16.5. The fourth-order valence-corrected chi connectivity index (χ4v) is 2.79. The van der Waals surface area contributed by atoms with Gasteiger partial charge >= 0.3 is 0 Å². The van der Waals surface area contributed by atoms with E-state index in [-0.39, 0.29) is 5.54 Å². The zero-order chi connectivity index (χ0) is 13.3. The summed E-state index contributed by atoms with van der Waals surface area (Å²) in [4.78, 5) is 4.55. The van der Waals surface area contributed by atoms with E-state index in [2.05, 4.69) is 27.5 Å². The summed E-state index contributed by atoms with van der Waals surface area (Å²) in [7, 11) is 1.88. The first-order valence-electron chi connectivity index (χ1n) is 6.83. The van der Waals surface area contributed by atoms with Crippen molar-refractivity contribution in [1.29, 1.82) is 0 Å². The standard InChI is InChI=1S/C13H19N5O/c1-3-6-13(7-4-8-14-13)12-15-11(17-19-12)10-5-9-18(2)16-10/h5,9,14H,3-4,6-8H2,1-2H3. The van der Waals surface area contributed by atoms with Gasteiger partial charge in [-0.1, -0.05) is 18.5 Å². The number of hydrogen-bond acceptors (Lipinski definition) is 5. The Morgan fingerprint density at radius 3 is 3.05 bits per heavy atom. The van der Waals surface area contributed by atoms with Crippen molar-refractivity contribution in [3.05, 3.63) is 18.2 Å². The average molecular weight is 261 g/mol. The lowest BCUT2D eigenvalue weighted by Crippen LogP contribution is -2.36. The van der Waals surface area contributed by atoms with Gasteiger partial charge in [0.05, 0.1) is 5.54 Å². The van der Waals surface area contributed by atoms with E-state index < -0.39 is 0 Å². The van der Waals surface area contributed by atoms with Crippen molar-refractivity contribution in [2.75, 3.05) is 6.54 Å². The van der Waals surface area contributed by atoms with Crippen molar-refractivity contribution in [2.45, 2.75) is 38.1 Å². The second-order valence-corrected chi connectivity index (χ2v) is 5.16. The van der Waals surface area contributed by atoms with Gasteiger partial charge in [-0.05, 0) is 31.9 Å². The first kappa shape index (κ1) is 12.3. The van der Waals surface area contributed by atoms with Crippen LogP contribution in [0.2, 0.25) is 0 Å². The molecule has 0 bridgehead atoms. The number of nitrogens with one attached hydrogen (secondary N) is 1. The molecule has 1 fully saturated rings. The average Bonchev–Trinajstić information content (AvgIpc) is 3.07. The highest BCUT2D eigenvalue weighted by molar-refractivity contribution is 5.46. The number of rotatable bonds is 4. The predicted molar refractivity (Wildman–Crippen MR) is 70.3 cm³/mol. The molecule has 1 unspecified atom stereocenters. The molecular weight excluding hydrogens is 242 g/mol. The van der Waals surface area contributed by atoms with Gasteiger partial charge in [0.2, 0.25) is 11.7 Å². The SMILES string of the molecule is CCCC1(c2nc(-c3ccn(C)n3)no2)CCCN1. The summed E-state index contributed by atoms with van der Waals surface area (Å²) in [5.41, 5.74) is 0.622. The van der Waals surface area contributed by atoms with Crippen LogP contribution in [0.5, 0.6) is 0 Å². The van der Waals surface area contributed by atoms with E-state index in [9.17, 15) is 0 Å². The van der Waals surface area contributed by atoms with Crippen molar-refractivity contribution >= 4 is 0 Å². The molecule has 1 atom stereocenters. The van der Waals surface area contributed by atoms with E-state index in [1.54, 1.807) is 4.68 Å². The molecule has 102 valence electrons. The molecule has 3 heterocycles. The normalized spacial score (nSPS) is 23.1. The van der Waals surface area contributed by atoms with Gasteiger partial charge < -0.3 is 9.84 Å². The molecule has 1 saturated heterocycles. The van der Waals surface area contributed by atoms with Gasteiger partial charge in [0, 0.05) is 13.2 Å². The molecule has 0 saturated carbocycles. The molecule has 0 amide bonds. The minimum absolute atomic E-state index is 0.130. The molecule has 0 aromatic carbocycles. The monoisotopic (exact) mass is 261 g/mol. The Labute approximate surface area is 112 Å². The van der Waals surface area contributed by atoms with Gasteiger partial charge in [-0.15, -0.1) is 0 Å². The van der Waals surface area contributed by atoms with Gasteiger partial charge in [-0.25, -0.2) is 0 Å². The zero-order valence-electron chi connectivity index (χ0n) is 11.4. The third kappa shape index (κ3) is 2.16. The molecule has 1 N–H and O–H groups in total. The molecule has 2 aromatic heterocycles. The van der Waals surface area contributed by atoms with Crippen LogP contribution >= 0.6 is 0 Å². The zero-order valence-corrected chi connectivity index (χ0v) is 11.4. The van der Waals surface area contributed by atoms with Crippen LogP contribution < -0.4 is 5.32 Å². The maximum absolute atomic E-state index is 5.50. The highest BCUT2D eigenvalue weighted by Crippen LogP contribution is 2.34. The smallest absolute Gasteiger partial charge is 0.247 e. The molecule has 2 aromatic rings. The quantitative estimate of drug-likeness (QED) is 0.909. The first-order chi connectivity index (χ1) is 9.23. The Kier molecular flexibility index (Phi) is 3.10. The van der Waals surface area contributed by atoms with Crippen LogP contribution in [0, 0.1) is 0 Å². The van der Waals surface area contributed by atoms with E-state index in [1.807, 2.05) is 19.3 Å². The fraction of sp³-hybridized carbons (Fsp3) is 0.615. The third-order valence-corrected chi connectivity index (χ3v) is 3.70. The minimum atomic E-state index is -0.130. The Morgan fingerprint density at radius 2 is 2.42 bits per heavy atom. The molecule has 0 radical (unpaired) electrons. The molecule has 6 heteroatoms. The fourth-order valence-electron chi connectivity index (χ4n) is 2.79. The lowest BCUT2D eigenvalue weighted by molar-refractivity contribution is 0.241. The van der Waals surface area contributed by atoms with E-state index >= 15 is 0 Å². The van der Waals surface area contributed by atoms with Crippen molar-refractivity contribution in [3.63, 3.8) is 0 Å². The largest absolute Gasteiger partial charge is 0.337 e. The number of aromatic nitrogens is 4. The number of aryl methyl sites for hydroxylation is 1. The Bertz CT molecular complexity index is 553. The maximum atomic E-state index is 5.50. The van der Waals surface area contributed by atoms with Gasteiger partial charge in [0.15, 0.2) is 0 Å². The molecule has 6 nitrogen and oxygen atoms in total. The van der Waals surface area contributed by atoms with Gasteiger partial charge in [-0.2, -0.15) is 10.1 Å². The highest BCUT2D eigenvalue weighted by Gasteiger charge is 2.39. The molecule has 1 aliphatic heterocycles. The minimum Gasteiger partial charge on any atom is -0.337 e. The summed E-state index contributed by atoms with van der Waals surface area (Å²) in [5.74, 6) is 1.27. The van der Waals surface area contributed by atoms with Gasteiger partial charge in [0.1, 0.15) is 5.69 Å². The molecule has 19 heavy (non-hydrogen) atoms. The van der Waals surface area contributed by atoms with Crippen LogP contribution in [0.4, 0.5) is 0 Å². The van der Waals surface area contributed by atoms with Crippen LogP contribution in [-0.4, -0.2) is 26.5 Å². The van der Waals surface area contributed by atoms with Crippen LogP contribution in [0.25, 0.3) is 11.5 Å². The Balaban J connectivity index is 1.91. The van der Waals surface area contributed by atoms with Crippen LogP contribution in [0.15, 0.2) is 16.8 Å². The molecule has 0 aliphatic carbocycles. The van der Waals surface area contributed by atoms with Crippen LogP contribution in [0.1, 0.15) is 38.5 Å². The summed E-state index contributed by atoms with van der Waals surface area (Å²) >= 11 is 0. The van der Waals surface area contributed by atoms with E-state index in [1.165, 1.54) is 0 Å². The Hall–Kier alpha value is -1.69. The van der Waals surface area contributed by atoms with E-state index in [0.717, 1.165) is 37.9 Å². The summed E-state index contributed by atoms with van der Waals surface area (Å²) < 4.78 is 7.23. The summed E-state index contributed by atoms with van der Waals surface area (Å²) in [5, 5.41) is 11.9. The molecule has 3 rings (SSSR count). The summed E-state index contributed by atoms with van der Waals surface area (Å²) in [6.45, 7) is 3.19. The van der Waals surface area contributed by atoms with E-state index in [4.69, 9.17) is 4.52 Å². The van der Waals surface area contributed by atoms with Crippen LogP contribution in [-0.2, 0) is 12.6 Å². The third-order valence-electron chi connectivity index (χ3n) is 3.70. The topological polar surface area (TPSA) is 68.8 Å². The number of hydrogen-bond donors (Lipinski definition) is 1. The van der Waals surface area contributed by atoms with Crippen molar-refractivity contribution in [3.8, 4) is 11.5 Å². The van der Waals surface area contributed by atoms with E-state index in [0.29, 0.717) is 11.7 Å². The van der Waals surface area contributed by atoms with Gasteiger partial charge in [0.25, 0.3) is 0 Å². The first-order valence-corrected chi connectivity index (χ1v) is 6.83. The second-order valence-electron chi connectivity index (χ2n) is 5.16. The van der Waals surface area contributed by atoms with Crippen molar-refractivity contribution in [1.82, 2.24) is 25.2 Å². The van der Waals surface area contributed by atoms with Crippen molar-refractivity contribution in [2.24, 2.45) is 7.05 Å². The lowest BCUT2D eigenvalue weighted by Gasteiger charge is -2.24.